The van der Waals surface area contributed by atoms with Crippen molar-refractivity contribution in [1.29, 1.82) is 0 Å². The van der Waals surface area contributed by atoms with Crippen molar-refractivity contribution in [3.63, 3.8) is 0 Å². The van der Waals surface area contributed by atoms with Crippen LogP contribution < -0.4 is 24.5 Å². The van der Waals surface area contributed by atoms with E-state index in [9.17, 15) is 0 Å². The third-order valence-corrected chi connectivity index (χ3v) is 21.2. The third kappa shape index (κ3) is 8.72. The quantitative estimate of drug-likeness (QED) is 0.164. The van der Waals surface area contributed by atoms with Crippen LogP contribution in [0.1, 0.15) is 22.3 Å². The maximum absolute atomic E-state index is 6.41. The van der Waals surface area contributed by atoms with E-state index in [4.69, 9.17) is 4.42 Å². The molecule has 0 N–H and O–H groups in total. The summed E-state index contributed by atoms with van der Waals surface area (Å²) in [5.41, 5.74) is 29.1. The average Bonchev–Trinajstić information content (AvgIpc) is 1.65. The Bertz CT molecular complexity index is 4560. The van der Waals surface area contributed by atoms with Gasteiger partial charge in [0.2, 0.25) is 0 Å². The molecular formula is C82H55N5OPt-2. The molecule has 0 radical (unpaired) electrons. The van der Waals surface area contributed by atoms with Crippen molar-refractivity contribution in [3.8, 4) is 66.8 Å². The molecular weight excluding hydrogens is 1270 g/mol. The second-order valence-corrected chi connectivity index (χ2v) is 26.0. The van der Waals surface area contributed by atoms with E-state index in [-0.39, 0.29) is 0 Å². The van der Waals surface area contributed by atoms with Crippen molar-refractivity contribution in [2.75, 3.05) is 24.5 Å². The number of nitrogens with zero attached hydrogens (tertiary/aromatic N) is 5. The van der Waals surface area contributed by atoms with Crippen molar-refractivity contribution in [2.24, 2.45) is 0 Å². The zero-order valence-electron chi connectivity index (χ0n) is 48.4. The molecule has 9 aliphatic heterocycles. The number of fused-ring (bicyclic) bond motifs is 14. The molecule has 0 spiro atoms. The van der Waals surface area contributed by atoms with E-state index in [2.05, 4.69) is 304 Å². The van der Waals surface area contributed by atoms with Crippen LogP contribution in [0.4, 0.5) is 62.8 Å². The number of anilines is 11. The van der Waals surface area contributed by atoms with Crippen molar-refractivity contribution in [3.05, 3.63) is 320 Å². The Morgan fingerprint density at radius 2 is 0.596 bits per heavy atom. The minimum absolute atomic E-state index is 0.666. The fourth-order valence-corrected chi connectivity index (χ4v) is 17.3. The molecule has 1 aromatic heterocycles. The molecule has 0 saturated carbocycles. The number of hydrogen-bond donors (Lipinski definition) is 0. The van der Waals surface area contributed by atoms with Crippen LogP contribution in [0.2, 0.25) is 0 Å². The fourth-order valence-electron chi connectivity index (χ4n) is 13.7. The van der Waals surface area contributed by atoms with E-state index in [0.29, 0.717) is 5.88 Å². The Labute approximate surface area is 526 Å². The van der Waals surface area contributed by atoms with Gasteiger partial charge in [-0.1, -0.05) is 0 Å². The number of para-hydroxylation sites is 4. The third-order valence-electron chi connectivity index (χ3n) is 18.1. The zero-order chi connectivity index (χ0) is 58.5. The van der Waals surface area contributed by atoms with Crippen LogP contribution in [0.25, 0.3) is 66.8 Å². The molecule has 16 bridgehead atoms. The average molecular weight is 1320 g/mol. The predicted octanol–water partition coefficient (Wildman–Crippen LogP) is 20.4. The summed E-state index contributed by atoms with van der Waals surface area (Å²) in [7, 11) is 0. The first-order valence-electron chi connectivity index (χ1n) is 30.5. The normalized spacial score (nSPS) is 14.2. The van der Waals surface area contributed by atoms with E-state index in [0.717, 1.165) is 146 Å². The van der Waals surface area contributed by atoms with Crippen LogP contribution >= 0.6 is 0 Å². The molecule has 0 amide bonds. The van der Waals surface area contributed by atoms with Crippen molar-refractivity contribution in [1.82, 2.24) is 0 Å². The van der Waals surface area contributed by atoms with Crippen LogP contribution in [0.5, 0.6) is 0 Å². The molecule has 0 unspecified atom stereocenters. The Morgan fingerprint density at radius 3 is 0.933 bits per heavy atom. The SMILES string of the molecule is [c-]1c2cccc1N(c1ccco1)c1[c-]c(ccc1)N1[C]3=[Pt]=[C]4N2c2ccccc2N4c2c4cc(-c5ccccc5)cc2-c2ccc(cc2)CCc2ccc(cc2)-c2cc(-c5ccccc5)cc(c2N3c2ccccc21)-c1ccc(cc1)CCc1ccc-4cc1. The zero-order valence-corrected chi connectivity index (χ0v) is 50.7. The van der Waals surface area contributed by atoms with Gasteiger partial charge >= 0.3 is 530 Å². The first-order valence-corrected chi connectivity index (χ1v) is 32.8. The molecule has 22 rings (SSSR count). The first-order chi connectivity index (χ1) is 44.1. The van der Waals surface area contributed by atoms with Crippen LogP contribution in [0, 0.1) is 12.1 Å². The summed E-state index contributed by atoms with van der Waals surface area (Å²) in [5.74, 6) is 0.666. The number of benzene rings is 12. The van der Waals surface area contributed by atoms with Crippen LogP contribution in [-0.2, 0) is 43.3 Å². The van der Waals surface area contributed by atoms with E-state index < -0.39 is 17.6 Å². The van der Waals surface area contributed by atoms with Gasteiger partial charge in [-0.3, -0.25) is 0 Å². The van der Waals surface area contributed by atoms with Gasteiger partial charge in [-0.05, 0) is 0 Å². The van der Waals surface area contributed by atoms with Gasteiger partial charge in [-0.25, -0.2) is 0 Å². The molecule has 13 aromatic rings. The van der Waals surface area contributed by atoms with Crippen LogP contribution in [-0.4, -0.2) is 8.29 Å². The Hall–Kier alpha value is -10.7. The summed E-state index contributed by atoms with van der Waals surface area (Å²) < 4.78 is 8.70. The summed E-state index contributed by atoms with van der Waals surface area (Å²) in [4.78, 5) is 12.5. The molecule has 9 aliphatic rings. The van der Waals surface area contributed by atoms with Crippen LogP contribution in [0.15, 0.2) is 290 Å². The summed E-state index contributed by atoms with van der Waals surface area (Å²) >= 11 is -1.37. The van der Waals surface area contributed by atoms with Gasteiger partial charge in [0, 0.05) is 0 Å². The Morgan fingerprint density at radius 1 is 0.270 bits per heavy atom. The van der Waals surface area contributed by atoms with E-state index >= 15 is 0 Å². The molecule has 89 heavy (non-hydrogen) atoms. The topological polar surface area (TPSA) is 29.3 Å². The number of furan rings is 1. The second kappa shape index (κ2) is 21.1. The van der Waals surface area contributed by atoms with Gasteiger partial charge in [-0.2, -0.15) is 0 Å². The minimum atomic E-state index is -1.37. The van der Waals surface area contributed by atoms with Crippen LogP contribution in [0.3, 0.4) is 0 Å². The summed E-state index contributed by atoms with van der Waals surface area (Å²) in [6.45, 7) is 0. The number of aryl methyl sites for hydroxylation is 4. The number of hydrogen-bond acceptors (Lipinski definition) is 6. The van der Waals surface area contributed by atoms with E-state index in [1.165, 1.54) is 33.4 Å². The van der Waals surface area contributed by atoms with Gasteiger partial charge in [0.15, 0.2) is 0 Å². The van der Waals surface area contributed by atoms with Gasteiger partial charge in [0.05, 0.1) is 0 Å². The fraction of sp³-hybridized carbons (Fsp3) is 0.0488. The Kier molecular flexibility index (Phi) is 12.2. The standard InChI is InChI=1S/C82H55N5O.Pt/c1-3-14-60(15-4-1)66-48-72-62-39-31-56(32-40-62)27-29-58-35-43-64(44-36-58)74-50-67(61-16-5-2-6-17-61)51-75-65-45-37-59(38-46-65)30-28-57-33-41-63(42-34-57)73(49-66)81(72)85-54-83(76-22-7-9-24-78(76)85)68-18-11-20-70(52-68)87(80-26-13-47-88-80)71-21-12-19-69(53-71)84-55-86(82(74)75)79-25-10-8-23-77(79)84;/h1-26,31-51H,27-30H2;/q-2;. The Balaban J connectivity index is 1.06. The summed E-state index contributed by atoms with van der Waals surface area (Å²) in [6.07, 6.45) is 5.37. The van der Waals surface area contributed by atoms with E-state index in [1.807, 2.05) is 12.1 Å². The molecule has 0 fully saturated rings. The molecule has 0 aliphatic carbocycles. The van der Waals surface area contributed by atoms with Crippen molar-refractivity contribution >= 4 is 71.0 Å². The molecule has 6 nitrogen and oxygen atoms in total. The van der Waals surface area contributed by atoms with Gasteiger partial charge in [0.1, 0.15) is 0 Å². The maximum atomic E-state index is 6.41. The molecule has 10 heterocycles. The second-order valence-electron chi connectivity index (χ2n) is 23.4. The monoisotopic (exact) mass is 1320 g/mol. The predicted molar refractivity (Wildman–Crippen MR) is 363 cm³/mol. The summed E-state index contributed by atoms with van der Waals surface area (Å²) in [6, 6.07) is 113. The molecule has 7 heteroatoms. The summed E-state index contributed by atoms with van der Waals surface area (Å²) in [5, 5.41) is 0. The first kappa shape index (κ1) is 51.6. The molecule has 12 aromatic carbocycles. The van der Waals surface area contributed by atoms with Gasteiger partial charge in [-0.15, -0.1) is 0 Å². The van der Waals surface area contributed by atoms with Gasteiger partial charge < -0.3 is 0 Å². The van der Waals surface area contributed by atoms with Crippen molar-refractivity contribution in [2.45, 2.75) is 25.7 Å². The molecule has 0 atom stereocenters. The molecule has 0 saturated heterocycles. The van der Waals surface area contributed by atoms with Gasteiger partial charge in [0.25, 0.3) is 0 Å². The molecule has 426 valence electrons. The van der Waals surface area contributed by atoms with Crippen molar-refractivity contribution < 1.29 is 22.1 Å². The van der Waals surface area contributed by atoms with E-state index in [1.54, 1.807) is 6.26 Å². The number of rotatable bonds is 3.